The van der Waals surface area contributed by atoms with Crippen LogP contribution < -0.4 is 0 Å². The van der Waals surface area contributed by atoms with Crippen molar-refractivity contribution in [3.8, 4) is 0 Å². The molecular weight excluding hydrogens is 272 g/mol. The molecule has 1 saturated heterocycles. The van der Waals surface area contributed by atoms with Gasteiger partial charge in [-0.15, -0.1) is 5.10 Å². The van der Waals surface area contributed by atoms with Crippen molar-refractivity contribution >= 4 is 11.9 Å². The lowest BCUT2D eigenvalue weighted by Gasteiger charge is -2.31. The van der Waals surface area contributed by atoms with E-state index in [0.717, 1.165) is 19.5 Å². The monoisotopic (exact) mass is 294 g/mol. The first-order chi connectivity index (χ1) is 10.1. The Morgan fingerprint density at radius 3 is 2.81 bits per heavy atom. The second-order valence-electron chi connectivity index (χ2n) is 5.47. The Morgan fingerprint density at radius 1 is 1.43 bits per heavy atom. The molecule has 1 aliphatic rings. The lowest BCUT2D eigenvalue weighted by atomic mass is 10.0. The number of piperidine rings is 1. The lowest BCUT2D eigenvalue weighted by molar-refractivity contribution is -0.133. The van der Waals surface area contributed by atoms with Crippen molar-refractivity contribution in [2.45, 2.75) is 39.7 Å². The first kappa shape index (κ1) is 15.5. The van der Waals surface area contributed by atoms with Crippen LogP contribution >= 0.6 is 0 Å². The van der Waals surface area contributed by atoms with Gasteiger partial charge in [-0.3, -0.25) is 4.79 Å². The average molecular weight is 294 g/mol. The molecule has 1 aromatic rings. The number of amides is 1. The van der Waals surface area contributed by atoms with Gasteiger partial charge in [0.15, 0.2) is 5.69 Å². The summed E-state index contributed by atoms with van der Waals surface area (Å²) in [5, 5.41) is 7.77. The zero-order valence-electron chi connectivity index (χ0n) is 12.8. The molecule has 7 nitrogen and oxygen atoms in total. The van der Waals surface area contributed by atoms with E-state index in [9.17, 15) is 9.59 Å². The molecule has 1 aromatic heterocycles. The predicted octanol–water partition coefficient (Wildman–Crippen LogP) is 0.886. The maximum atomic E-state index is 12.4. The molecule has 116 valence electrons. The van der Waals surface area contributed by atoms with E-state index in [2.05, 4.69) is 22.0 Å². The highest BCUT2D eigenvalue weighted by atomic mass is 16.5. The molecule has 1 fully saturated rings. The molecule has 0 spiro atoms. The van der Waals surface area contributed by atoms with Crippen molar-refractivity contribution in [2.24, 2.45) is 5.92 Å². The smallest absolute Gasteiger partial charge is 0.360 e. The number of rotatable bonds is 4. The standard InChI is InChI=1S/C14H22N4O3/c1-4-11-13(14(20)21-3)15-16-18(11)9-12(19)17-7-5-6-10(2)8-17/h10H,4-9H2,1-3H3. The van der Waals surface area contributed by atoms with Gasteiger partial charge in [0.05, 0.1) is 12.8 Å². The fourth-order valence-electron chi connectivity index (χ4n) is 2.71. The average Bonchev–Trinajstić information content (AvgIpc) is 2.89. The summed E-state index contributed by atoms with van der Waals surface area (Å²) in [4.78, 5) is 25.8. The number of likely N-dealkylation sites (tertiary alicyclic amines) is 1. The molecule has 1 unspecified atom stereocenters. The minimum atomic E-state index is -0.517. The molecule has 2 rings (SSSR count). The zero-order chi connectivity index (χ0) is 15.4. The third kappa shape index (κ3) is 3.40. The molecule has 21 heavy (non-hydrogen) atoms. The fraction of sp³-hybridized carbons (Fsp3) is 0.714. The lowest BCUT2D eigenvalue weighted by Crippen LogP contribution is -2.41. The number of nitrogens with zero attached hydrogens (tertiary/aromatic N) is 4. The molecule has 0 bridgehead atoms. The summed E-state index contributed by atoms with van der Waals surface area (Å²) < 4.78 is 6.19. The quantitative estimate of drug-likeness (QED) is 0.771. The van der Waals surface area contributed by atoms with E-state index in [-0.39, 0.29) is 18.1 Å². The van der Waals surface area contributed by atoms with Gasteiger partial charge in [-0.05, 0) is 25.2 Å². The minimum absolute atomic E-state index is 0.0255. The maximum absolute atomic E-state index is 12.4. The van der Waals surface area contributed by atoms with Gasteiger partial charge in [-0.25, -0.2) is 9.48 Å². The predicted molar refractivity (Wildman–Crippen MR) is 75.7 cm³/mol. The zero-order valence-corrected chi connectivity index (χ0v) is 12.8. The summed E-state index contributed by atoms with van der Waals surface area (Å²) in [5.74, 6) is 0.0458. The van der Waals surface area contributed by atoms with Crippen LogP contribution in [0.4, 0.5) is 0 Å². The third-order valence-electron chi connectivity index (χ3n) is 3.85. The van der Waals surface area contributed by atoms with Crippen molar-refractivity contribution in [1.82, 2.24) is 19.9 Å². The first-order valence-corrected chi connectivity index (χ1v) is 7.35. The van der Waals surface area contributed by atoms with Gasteiger partial charge in [0.2, 0.25) is 5.91 Å². The van der Waals surface area contributed by atoms with Crippen molar-refractivity contribution in [3.63, 3.8) is 0 Å². The highest BCUT2D eigenvalue weighted by Gasteiger charge is 2.24. The number of hydrogen-bond acceptors (Lipinski definition) is 5. The Bertz CT molecular complexity index is 526. The molecule has 2 heterocycles. The number of carbonyl (C=O) groups excluding carboxylic acids is 2. The molecule has 0 aromatic carbocycles. The summed E-state index contributed by atoms with van der Waals surface area (Å²) in [7, 11) is 1.31. The highest BCUT2D eigenvalue weighted by Crippen LogP contribution is 2.16. The van der Waals surface area contributed by atoms with E-state index in [4.69, 9.17) is 0 Å². The van der Waals surface area contributed by atoms with Gasteiger partial charge in [0.1, 0.15) is 6.54 Å². The minimum Gasteiger partial charge on any atom is -0.464 e. The first-order valence-electron chi connectivity index (χ1n) is 7.35. The molecule has 1 atom stereocenters. The summed E-state index contributed by atoms with van der Waals surface area (Å²) in [6, 6.07) is 0. The molecule has 0 N–H and O–H groups in total. The van der Waals surface area contributed by atoms with E-state index in [1.807, 2.05) is 11.8 Å². The van der Waals surface area contributed by atoms with E-state index in [1.165, 1.54) is 18.2 Å². The van der Waals surface area contributed by atoms with E-state index < -0.39 is 5.97 Å². The molecule has 0 saturated carbocycles. The van der Waals surface area contributed by atoms with Crippen molar-refractivity contribution in [3.05, 3.63) is 11.4 Å². The number of carbonyl (C=O) groups is 2. The van der Waals surface area contributed by atoms with Crippen LogP contribution in [0, 0.1) is 5.92 Å². The summed E-state index contributed by atoms with van der Waals surface area (Å²) in [6.07, 6.45) is 2.78. The van der Waals surface area contributed by atoms with Crippen LogP contribution in [0.15, 0.2) is 0 Å². The van der Waals surface area contributed by atoms with E-state index in [0.29, 0.717) is 18.0 Å². The Balaban J connectivity index is 2.10. The molecule has 1 amide bonds. The van der Waals surface area contributed by atoms with Gasteiger partial charge in [0.25, 0.3) is 0 Å². The summed E-state index contributed by atoms with van der Waals surface area (Å²) in [6.45, 7) is 5.76. The molecule has 1 aliphatic heterocycles. The van der Waals surface area contributed by atoms with E-state index >= 15 is 0 Å². The summed E-state index contributed by atoms with van der Waals surface area (Å²) >= 11 is 0. The SMILES string of the molecule is CCc1c(C(=O)OC)nnn1CC(=O)N1CCCC(C)C1. The van der Waals surface area contributed by atoms with Gasteiger partial charge in [-0.2, -0.15) is 0 Å². The van der Waals surface area contributed by atoms with Gasteiger partial charge < -0.3 is 9.64 Å². The number of hydrogen-bond donors (Lipinski definition) is 0. The number of methoxy groups -OCH3 is 1. The highest BCUT2D eigenvalue weighted by molar-refractivity contribution is 5.88. The topological polar surface area (TPSA) is 77.3 Å². The van der Waals surface area contributed by atoms with Crippen LogP contribution in [0.5, 0.6) is 0 Å². The molecule has 0 radical (unpaired) electrons. The largest absolute Gasteiger partial charge is 0.464 e. The van der Waals surface area contributed by atoms with Gasteiger partial charge >= 0.3 is 5.97 Å². The fourth-order valence-corrected chi connectivity index (χ4v) is 2.71. The molecule has 7 heteroatoms. The van der Waals surface area contributed by atoms with Gasteiger partial charge in [0, 0.05) is 13.1 Å². The van der Waals surface area contributed by atoms with Crippen molar-refractivity contribution in [1.29, 1.82) is 0 Å². The molecule has 0 aliphatic carbocycles. The van der Waals surface area contributed by atoms with E-state index in [1.54, 1.807) is 0 Å². The number of aromatic nitrogens is 3. The van der Waals surface area contributed by atoms with Crippen LogP contribution in [-0.2, 0) is 22.5 Å². The van der Waals surface area contributed by atoms with Crippen molar-refractivity contribution in [2.75, 3.05) is 20.2 Å². The summed E-state index contributed by atoms with van der Waals surface area (Å²) in [5.41, 5.74) is 0.833. The van der Waals surface area contributed by atoms with Gasteiger partial charge in [-0.1, -0.05) is 19.1 Å². The Labute approximate surface area is 124 Å². The van der Waals surface area contributed by atoms with Crippen LogP contribution in [0.3, 0.4) is 0 Å². The van der Waals surface area contributed by atoms with Crippen LogP contribution in [0.2, 0.25) is 0 Å². The van der Waals surface area contributed by atoms with Crippen molar-refractivity contribution < 1.29 is 14.3 Å². The normalized spacial score (nSPS) is 18.6. The number of ether oxygens (including phenoxy) is 1. The Morgan fingerprint density at radius 2 is 2.19 bits per heavy atom. The Kier molecular flexibility index (Phi) is 4.93. The second kappa shape index (κ2) is 6.69. The maximum Gasteiger partial charge on any atom is 0.360 e. The molecular formula is C14H22N4O3. The Hall–Kier alpha value is -1.92. The van der Waals surface area contributed by atoms with Crippen LogP contribution in [0.25, 0.3) is 0 Å². The third-order valence-corrected chi connectivity index (χ3v) is 3.85. The van der Waals surface area contributed by atoms with Crippen LogP contribution in [0.1, 0.15) is 42.9 Å². The number of esters is 1. The van der Waals surface area contributed by atoms with Crippen LogP contribution in [-0.4, -0.2) is 52.0 Å². The second-order valence-corrected chi connectivity index (χ2v) is 5.47.